The van der Waals surface area contributed by atoms with Crippen LogP contribution < -0.4 is 0 Å². The number of allylic oxidation sites excluding steroid dienone is 3. The van der Waals surface area contributed by atoms with E-state index in [2.05, 4.69) is 26.5 Å². The number of hydrogen-bond acceptors (Lipinski definition) is 5. The van der Waals surface area contributed by atoms with Crippen LogP contribution in [0.1, 0.15) is 78.6 Å². The van der Waals surface area contributed by atoms with Gasteiger partial charge in [-0.1, -0.05) is 38.2 Å². The van der Waals surface area contributed by atoms with Gasteiger partial charge in [-0.3, -0.25) is 0 Å². The molecule has 0 heterocycles. The standard InChI is InChI=1S/C27H42O6/c1-16(12-21(29)15-27(4,33)25(31)32)22-9-10-23-18(6-5-11-26(22,23)3)7-8-19-13-20(28)14-24(30)17(19)2/h7-8,16,20-24,28-30,33H,2,5-6,9-15H2,1,3-4H3,(H,31,32)/t16-,20-,21?,22-,23?,24+,26-,27?/m1/s1. The Kier molecular flexibility index (Phi) is 7.94. The van der Waals surface area contributed by atoms with E-state index in [0.29, 0.717) is 36.7 Å². The van der Waals surface area contributed by atoms with Gasteiger partial charge in [-0.2, -0.15) is 0 Å². The molecule has 0 radical (unpaired) electrons. The van der Waals surface area contributed by atoms with Crippen LogP contribution in [0.15, 0.2) is 35.5 Å². The highest BCUT2D eigenvalue weighted by Crippen LogP contribution is 2.60. The van der Waals surface area contributed by atoms with Crippen LogP contribution in [0.3, 0.4) is 0 Å². The van der Waals surface area contributed by atoms with Gasteiger partial charge in [0.25, 0.3) is 0 Å². The molecule has 0 aromatic heterocycles. The van der Waals surface area contributed by atoms with Crippen LogP contribution in [0, 0.1) is 23.2 Å². The number of carboxylic acid groups (broad SMARTS) is 1. The average molecular weight is 463 g/mol. The number of hydrogen-bond donors (Lipinski definition) is 5. The van der Waals surface area contributed by atoms with Crippen LogP contribution in [0.4, 0.5) is 0 Å². The number of carboxylic acids is 1. The van der Waals surface area contributed by atoms with Gasteiger partial charge in [0.05, 0.1) is 18.3 Å². The van der Waals surface area contributed by atoms with E-state index in [-0.39, 0.29) is 17.8 Å². The van der Waals surface area contributed by atoms with E-state index in [4.69, 9.17) is 5.11 Å². The van der Waals surface area contributed by atoms with Gasteiger partial charge in [0, 0.05) is 12.8 Å². The molecule has 0 aromatic carbocycles. The van der Waals surface area contributed by atoms with E-state index >= 15 is 0 Å². The maximum Gasteiger partial charge on any atom is 0.335 e. The third-order valence-corrected chi connectivity index (χ3v) is 8.73. The number of aliphatic hydroxyl groups is 4. The van der Waals surface area contributed by atoms with Crippen molar-refractivity contribution in [2.75, 3.05) is 0 Å². The van der Waals surface area contributed by atoms with Crippen molar-refractivity contribution in [2.24, 2.45) is 23.2 Å². The van der Waals surface area contributed by atoms with E-state index in [1.165, 1.54) is 12.5 Å². The molecule has 186 valence electrons. The van der Waals surface area contributed by atoms with E-state index in [1.807, 2.05) is 6.08 Å². The number of rotatable bonds is 7. The highest BCUT2D eigenvalue weighted by atomic mass is 16.4. The maximum atomic E-state index is 11.2. The van der Waals surface area contributed by atoms with Gasteiger partial charge in [0.2, 0.25) is 0 Å². The second-order valence-corrected chi connectivity index (χ2v) is 11.3. The molecule has 3 fully saturated rings. The van der Waals surface area contributed by atoms with Crippen molar-refractivity contribution in [2.45, 2.75) is 102 Å². The zero-order valence-electron chi connectivity index (χ0n) is 20.3. The SMILES string of the molecule is C=C1C(=CC=C2CCC[C@@]3(C)C2CC[C@@H]3[C@H](C)CC(O)CC(C)(O)C(=O)O)C[C@@H](O)C[C@@H]1O. The molecule has 0 aliphatic heterocycles. The van der Waals surface area contributed by atoms with E-state index in [0.717, 1.165) is 37.7 Å². The first-order valence-corrected chi connectivity index (χ1v) is 12.4. The van der Waals surface area contributed by atoms with Crippen LogP contribution in [-0.4, -0.2) is 55.4 Å². The summed E-state index contributed by atoms with van der Waals surface area (Å²) in [5.41, 5.74) is 1.26. The Labute approximate surface area is 197 Å². The van der Waals surface area contributed by atoms with Gasteiger partial charge in [-0.25, -0.2) is 4.79 Å². The Morgan fingerprint density at radius 1 is 1.30 bits per heavy atom. The molecule has 0 spiro atoms. The Morgan fingerprint density at radius 3 is 2.67 bits per heavy atom. The summed E-state index contributed by atoms with van der Waals surface area (Å²) < 4.78 is 0. The van der Waals surface area contributed by atoms with Crippen molar-refractivity contribution in [3.05, 3.63) is 35.5 Å². The molecule has 33 heavy (non-hydrogen) atoms. The first-order chi connectivity index (χ1) is 15.3. The summed E-state index contributed by atoms with van der Waals surface area (Å²) in [6, 6.07) is 0. The first-order valence-electron chi connectivity index (χ1n) is 12.4. The Balaban J connectivity index is 1.71. The molecule has 6 nitrogen and oxygen atoms in total. The quantitative estimate of drug-likeness (QED) is 0.393. The smallest absolute Gasteiger partial charge is 0.335 e. The summed E-state index contributed by atoms with van der Waals surface area (Å²) in [6.07, 6.45) is 8.81. The van der Waals surface area contributed by atoms with Crippen LogP contribution >= 0.6 is 0 Å². The van der Waals surface area contributed by atoms with E-state index in [1.54, 1.807) is 0 Å². The summed E-state index contributed by atoms with van der Waals surface area (Å²) in [5, 5.41) is 49.8. The first kappa shape index (κ1) is 26.1. The summed E-state index contributed by atoms with van der Waals surface area (Å²) >= 11 is 0. The third-order valence-electron chi connectivity index (χ3n) is 8.73. The molecule has 6 heteroatoms. The lowest BCUT2D eigenvalue weighted by atomic mass is 9.60. The number of aliphatic carboxylic acids is 1. The van der Waals surface area contributed by atoms with E-state index < -0.39 is 29.9 Å². The lowest BCUT2D eigenvalue weighted by molar-refractivity contribution is -0.160. The molecule has 0 bridgehead atoms. The van der Waals surface area contributed by atoms with Crippen molar-refractivity contribution >= 4 is 5.97 Å². The lowest BCUT2D eigenvalue weighted by Gasteiger charge is -2.44. The van der Waals surface area contributed by atoms with Crippen molar-refractivity contribution < 1.29 is 30.3 Å². The van der Waals surface area contributed by atoms with Gasteiger partial charge in [-0.15, -0.1) is 0 Å². The summed E-state index contributed by atoms with van der Waals surface area (Å²) in [6.45, 7) is 9.76. The molecular weight excluding hydrogens is 420 g/mol. The molecule has 0 saturated heterocycles. The second kappa shape index (κ2) is 10.0. The second-order valence-electron chi connectivity index (χ2n) is 11.3. The molecule has 0 aromatic rings. The molecule has 3 aliphatic carbocycles. The minimum absolute atomic E-state index is 0.125. The predicted octanol–water partition coefficient (Wildman–Crippen LogP) is 3.74. The van der Waals surface area contributed by atoms with Crippen LogP contribution in [0.25, 0.3) is 0 Å². The number of carbonyl (C=O) groups is 1. The monoisotopic (exact) mass is 462 g/mol. The lowest BCUT2D eigenvalue weighted by Crippen LogP contribution is -2.40. The van der Waals surface area contributed by atoms with Crippen molar-refractivity contribution in [1.82, 2.24) is 0 Å². The van der Waals surface area contributed by atoms with Crippen molar-refractivity contribution in [1.29, 1.82) is 0 Å². The Morgan fingerprint density at radius 2 is 2.00 bits per heavy atom. The average Bonchev–Trinajstić information content (AvgIpc) is 3.06. The number of fused-ring (bicyclic) bond motifs is 1. The van der Waals surface area contributed by atoms with Crippen molar-refractivity contribution in [3.63, 3.8) is 0 Å². The molecule has 3 unspecified atom stereocenters. The molecule has 8 atom stereocenters. The zero-order valence-corrected chi connectivity index (χ0v) is 20.3. The Hall–Kier alpha value is -1.47. The van der Waals surface area contributed by atoms with Crippen LogP contribution in [0.5, 0.6) is 0 Å². The predicted molar refractivity (Wildman–Crippen MR) is 127 cm³/mol. The van der Waals surface area contributed by atoms with Crippen LogP contribution in [-0.2, 0) is 4.79 Å². The topological polar surface area (TPSA) is 118 Å². The molecule has 0 amide bonds. The summed E-state index contributed by atoms with van der Waals surface area (Å²) in [5.74, 6) is -0.197. The van der Waals surface area contributed by atoms with Crippen LogP contribution in [0.2, 0.25) is 0 Å². The van der Waals surface area contributed by atoms with Gasteiger partial charge in [0.15, 0.2) is 5.60 Å². The molecular formula is C27H42O6. The summed E-state index contributed by atoms with van der Waals surface area (Å²) in [4.78, 5) is 11.2. The molecule has 5 N–H and O–H groups in total. The van der Waals surface area contributed by atoms with Gasteiger partial charge in [-0.05, 0) is 86.2 Å². The number of aliphatic hydroxyl groups excluding tert-OH is 3. The van der Waals surface area contributed by atoms with Crippen molar-refractivity contribution in [3.8, 4) is 0 Å². The fourth-order valence-electron chi connectivity index (χ4n) is 6.90. The summed E-state index contributed by atoms with van der Waals surface area (Å²) in [7, 11) is 0. The highest BCUT2D eigenvalue weighted by molar-refractivity contribution is 5.76. The normalized spacial score (nSPS) is 38.7. The molecule has 3 aliphatic rings. The fourth-order valence-corrected chi connectivity index (χ4v) is 6.90. The van der Waals surface area contributed by atoms with Gasteiger partial charge in [0.1, 0.15) is 0 Å². The zero-order chi connectivity index (χ0) is 24.6. The van der Waals surface area contributed by atoms with Gasteiger partial charge >= 0.3 is 5.97 Å². The minimum Gasteiger partial charge on any atom is -0.479 e. The fraction of sp³-hybridized carbons (Fsp3) is 0.741. The molecule has 3 rings (SSSR count). The largest absolute Gasteiger partial charge is 0.479 e. The highest BCUT2D eigenvalue weighted by Gasteiger charge is 2.51. The van der Waals surface area contributed by atoms with E-state index in [9.17, 15) is 25.2 Å². The third kappa shape index (κ3) is 5.61. The van der Waals surface area contributed by atoms with Gasteiger partial charge < -0.3 is 25.5 Å². The molecule has 3 saturated carbocycles. The Bertz CT molecular complexity index is 811. The maximum absolute atomic E-state index is 11.2. The minimum atomic E-state index is -1.92.